The van der Waals surface area contributed by atoms with Crippen molar-refractivity contribution >= 4 is 11.8 Å². The number of fused-ring (bicyclic) bond motifs is 1. The molecule has 2 amide bonds. The summed E-state index contributed by atoms with van der Waals surface area (Å²) in [6, 6.07) is 7.35. The van der Waals surface area contributed by atoms with Crippen LogP contribution in [0.2, 0.25) is 0 Å². The van der Waals surface area contributed by atoms with Crippen molar-refractivity contribution in [2.45, 2.75) is 26.2 Å². The Hall–Kier alpha value is -2.15. The molecule has 0 N–H and O–H groups in total. The first kappa shape index (κ1) is 12.3. The molecule has 4 heteroatoms. The molecule has 0 aliphatic carbocycles. The number of amides is 2. The molecular formula is C14H14N2O2. The zero-order valence-corrected chi connectivity index (χ0v) is 10.3. The molecule has 0 fully saturated rings. The number of hydrogen-bond acceptors (Lipinski definition) is 3. The number of carbonyl (C=O) groups excluding carboxylic acids is 2. The number of carbonyl (C=O) groups is 2. The Morgan fingerprint density at radius 2 is 1.89 bits per heavy atom. The SMILES string of the molecule is Cc1ccc2c(c1)C(=O)N(CCCCC#N)C2=O. The van der Waals surface area contributed by atoms with Crippen LogP contribution < -0.4 is 0 Å². The first-order valence-corrected chi connectivity index (χ1v) is 5.99. The molecule has 2 rings (SSSR count). The lowest BCUT2D eigenvalue weighted by Crippen LogP contribution is -2.30. The van der Waals surface area contributed by atoms with E-state index in [1.807, 2.05) is 13.0 Å². The minimum atomic E-state index is -0.216. The van der Waals surface area contributed by atoms with Crippen LogP contribution in [0.4, 0.5) is 0 Å². The van der Waals surface area contributed by atoms with Gasteiger partial charge in [0.15, 0.2) is 0 Å². The maximum absolute atomic E-state index is 12.1. The van der Waals surface area contributed by atoms with Gasteiger partial charge in [-0.25, -0.2) is 0 Å². The van der Waals surface area contributed by atoms with Gasteiger partial charge in [0.2, 0.25) is 0 Å². The van der Waals surface area contributed by atoms with Gasteiger partial charge in [-0.05, 0) is 31.9 Å². The van der Waals surface area contributed by atoms with Gasteiger partial charge in [-0.3, -0.25) is 14.5 Å². The van der Waals surface area contributed by atoms with Crippen LogP contribution in [0.5, 0.6) is 0 Å². The molecule has 92 valence electrons. The fourth-order valence-electron chi connectivity index (χ4n) is 2.08. The highest BCUT2D eigenvalue weighted by Crippen LogP contribution is 2.24. The summed E-state index contributed by atoms with van der Waals surface area (Å²) in [5.41, 5.74) is 1.97. The highest BCUT2D eigenvalue weighted by molar-refractivity contribution is 6.21. The third kappa shape index (κ3) is 2.12. The average Bonchev–Trinajstić information content (AvgIpc) is 2.59. The van der Waals surface area contributed by atoms with E-state index in [0.29, 0.717) is 36.9 Å². The molecule has 1 heterocycles. The molecule has 18 heavy (non-hydrogen) atoms. The Morgan fingerprint density at radius 3 is 2.61 bits per heavy atom. The number of nitriles is 1. The van der Waals surface area contributed by atoms with E-state index >= 15 is 0 Å². The molecule has 1 aliphatic heterocycles. The first-order valence-electron chi connectivity index (χ1n) is 5.99. The van der Waals surface area contributed by atoms with Gasteiger partial charge in [0.25, 0.3) is 11.8 Å². The normalized spacial score (nSPS) is 13.7. The summed E-state index contributed by atoms with van der Waals surface area (Å²) in [5, 5.41) is 8.44. The molecule has 1 aliphatic rings. The van der Waals surface area contributed by atoms with E-state index in [1.165, 1.54) is 4.90 Å². The fourth-order valence-corrected chi connectivity index (χ4v) is 2.08. The standard InChI is InChI=1S/C14H14N2O2/c1-10-5-6-11-12(9-10)14(18)16(13(11)17)8-4-2-3-7-15/h5-6,9H,2-4,8H2,1H3. The van der Waals surface area contributed by atoms with Gasteiger partial charge in [-0.1, -0.05) is 11.6 Å². The molecule has 0 saturated heterocycles. The number of imide groups is 1. The molecule has 0 atom stereocenters. The third-order valence-corrected chi connectivity index (χ3v) is 3.05. The van der Waals surface area contributed by atoms with Crippen molar-refractivity contribution in [2.75, 3.05) is 6.54 Å². The third-order valence-electron chi connectivity index (χ3n) is 3.05. The molecule has 1 aromatic carbocycles. The molecule has 0 radical (unpaired) electrons. The first-order chi connectivity index (χ1) is 8.65. The molecule has 1 aromatic rings. The number of aryl methyl sites for hydroxylation is 1. The Labute approximate surface area is 106 Å². The Bertz CT molecular complexity index is 543. The van der Waals surface area contributed by atoms with Crippen molar-refractivity contribution in [1.29, 1.82) is 5.26 Å². The van der Waals surface area contributed by atoms with Crippen LogP contribution in [0, 0.1) is 18.3 Å². The molecule has 0 aromatic heterocycles. The highest BCUT2D eigenvalue weighted by atomic mass is 16.2. The second-order valence-electron chi connectivity index (χ2n) is 4.43. The van der Waals surface area contributed by atoms with Crippen LogP contribution in [0.1, 0.15) is 45.5 Å². The highest BCUT2D eigenvalue weighted by Gasteiger charge is 2.34. The lowest BCUT2D eigenvalue weighted by Gasteiger charge is -2.12. The van der Waals surface area contributed by atoms with E-state index < -0.39 is 0 Å². The van der Waals surface area contributed by atoms with E-state index in [9.17, 15) is 9.59 Å². The second-order valence-corrected chi connectivity index (χ2v) is 4.43. The number of nitrogens with zero attached hydrogens (tertiary/aromatic N) is 2. The number of unbranched alkanes of at least 4 members (excludes halogenated alkanes) is 2. The van der Waals surface area contributed by atoms with Crippen molar-refractivity contribution in [2.24, 2.45) is 0 Å². The quantitative estimate of drug-likeness (QED) is 0.601. The van der Waals surface area contributed by atoms with Crippen LogP contribution in [0.25, 0.3) is 0 Å². The zero-order chi connectivity index (χ0) is 13.1. The zero-order valence-electron chi connectivity index (χ0n) is 10.3. The molecule has 0 unspecified atom stereocenters. The van der Waals surface area contributed by atoms with Gasteiger partial charge >= 0.3 is 0 Å². The summed E-state index contributed by atoms with van der Waals surface area (Å²) in [7, 11) is 0. The average molecular weight is 242 g/mol. The van der Waals surface area contributed by atoms with Gasteiger partial charge < -0.3 is 0 Å². The maximum Gasteiger partial charge on any atom is 0.261 e. The summed E-state index contributed by atoms with van der Waals surface area (Å²) in [5.74, 6) is -0.428. The fraction of sp³-hybridized carbons (Fsp3) is 0.357. The summed E-state index contributed by atoms with van der Waals surface area (Å²) in [6.45, 7) is 2.29. The summed E-state index contributed by atoms with van der Waals surface area (Å²) in [6.07, 6.45) is 1.85. The maximum atomic E-state index is 12.1. The van der Waals surface area contributed by atoms with Gasteiger partial charge in [-0.2, -0.15) is 5.26 Å². The Morgan fingerprint density at radius 1 is 1.17 bits per heavy atom. The van der Waals surface area contributed by atoms with Crippen LogP contribution in [-0.2, 0) is 0 Å². The van der Waals surface area contributed by atoms with Crippen LogP contribution in [0.3, 0.4) is 0 Å². The van der Waals surface area contributed by atoms with E-state index in [4.69, 9.17) is 5.26 Å². The van der Waals surface area contributed by atoms with Crippen molar-refractivity contribution in [3.63, 3.8) is 0 Å². The predicted octanol–water partition coefficient (Wildman–Crippen LogP) is 2.28. The van der Waals surface area contributed by atoms with Gasteiger partial charge in [0.1, 0.15) is 0 Å². The summed E-state index contributed by atoms with van der Waals surface area (Å²) < 4.78 is 0. The van der Waals surface area contributed by atoms with Crippen LogP contribution in [0.15, 0.2) is 18.2 Å². The van der Waals surface area contributed by atoms with Gasteiger partial charge in [0.05, 0.1) is 17.2 Å². The van der Waals surface area contributed by atoms with Crippen LogP contribution in [-0.4, -0.2) is 23.3 Å². The Kier molecular flexibility index (Phi) is 3.42. The van der Waals surface area contributed by atoms with Crippen molar-refractivity contribution in [3.8, 4) is 6.07 Å². The second kappa shape index (κ2) is 5.01. The lowest BCUT2D eigenvalue weighted by molar-refractivity contribution is 0.0652. The number of benzene rings is 1. The van der Waals surface area contributed by atoms with E-state index in [2.05, 4.69) is 6.07 Å². The summed E-state index contributed by atoms with van der Waals surface area (Å²) >= 11 is 0. The summed E-state index contributed by atoms with van der Waals surface area (Å²) in [4.78, 5) is 25.4. The molecule has 0 saturated carbocycles. The molecule has 0 spiro atoms. The van der Waals surface area contributed by atoms with Gasteiger partial charge in [-0.15, -0.1) is 0 Å². The smallest absolute Gasteiger partial charge is 0.261 e. The van der Waals surface area contributed by atoms with E-state index in [1.54, 1.807) is 12.1 Å². The van der Waals surface area contributed by atoms with E-state index in [-0.39, 0.29) is 11.8 Å². The molecule has 0 bridgehead atoms. The molecular weight excluding hydrogens is 228 g/mol. The lowest BCUT2D eigenvalue weighted by atomic mass is 10.1. The van der Waals surface area contributed by atoms with Crippen molar-refractivity contribution in [3.05, 3.63) is 34.9 Å². The minimum absolute atomic E-state index is 0.212. The molecule has 4 nitrogen and oxygen atoms in total. The predicted molar refractivity (Wildman–Crippen MR) is 66.0 cm³/mol. The number of hydrogen-bond donors (Lipinski definition) is 0. The van der Waals surface area contributed by atoms with Gasteiger partial charge in [0, 0.05) is 13.0 Å². The van der Waals surface area contributed by atoms with Crippen LogP contribution >= 0.6 is 0 Å². The topological polar surface area (TPSA) is 61.2 Å². The van der Waals surface area contributed by atoms with Crippen molar-refractivity contribution in [1.82, 2.24) is 4.90 Å². The Balaban J connectivity index is 2.11. The minimum Gasteiger partial charge on any atom is -0.274 e. The number of rotatable bonds is 4. The van der Waals surface area contributed by atoms with Crippen molar-refractivity contribution < 1.29 is 9.59 Å². The van der Waals surface area contributed by atoms with E-state index in [0.717, 1.165) is 5.56 Å². The monoisotopic (exact) mass is 242 g/mol. The largest absolute Gasteiger partial charge is 0.274 e.